The van der Waals surface area contributed by atoms with Gasteiger partial charge in [-0.1, -0.05) is 18.6 Å². The van der Waals surface area contributed by atoms with Gasteiger partial charge in [-0.15, -0.1) is 6.42 Å². The Balaban J connectivity index is 1.13. The van der Waals surface area contributed by atoms with Crippen LogP contribution in [0, 0.1) is 41.3 Å². The summed E-state index contributed by atoms with van der Waals surface area (Å²) in [5.74, 6) is 2.85. The van der Waals surface area contributed by atoms with Crippen molar-refractivity contribution in [1.29, 1.82) is 5.26 Å². The number of anilines is 2. The number of benzene rings is 1. The molecular weight excluding hydrogens is 708 g/mol. The van der Waals surface area contributed by atoms with Gasteiger partial charge in [0.1, 0.15) is 25.2 Å². The maximum atomic E-state index is 15.1. The molecule has 292 valence electrons. The molecule has 4 saturated heterocycles. The third-order valence-corrected chi connectivity index (χ3v) is 12.6. The summed E-state index contributed by atoms with van der Waals surface area (Å²) in [7, 11) is 0. The highest BCUT2D eigenvalue weighted by atomic mass is 19.1. The first kappa shape index (κ1) is 37.4. The third kappa shape index (κ3) is 6.98. The predicted molar refractivity (Wildman–Crippen MR) is 200 cm³/mol. The van der Waals surface area contributed by atoms with Gasteiger partial charge in [-0.05, 0) is 56.7 Å². The Hall–Kier alpha value is -4.50. The zero-order valence-corrected chi connectivity index (χ0v) is 31.6. The molecule has 0 spiro atoms. The van der Waals surface area contributed by atoms with Gasteiger partial charge in [0.25, 0.3) is 0 Å². The summed E-state index contributed by atoms with van der Waals surface area (Å²) in [4.78, 5) is 30.7. The van der Waals surface area contributed by atoms with Gasteiger partial charge < -0.3 is 34.0 Å². The highest BCUT2D eigenvalue weighted by Crippen LogP contribution is 2.44. The molecule has 1 aromatic carbocycles. The van der Waals surface area contributed by atoms with E-state index in [0.29, 0.717) is 87.4 Å². The van der Waals surface area contributed by atoms with Gasteiger partial charge in [-0.25, -0.2) is 8.78 Å². The first-order valence-electron chi connectivity index (χ1n) is 19.4. The topological polar surface area (TPSA) is 128 Å². The quantitative estimate of drug-likeness (QED) is 0.315. The molecule has 14 heteroatoms. The lowest BCUT2D eigenvalue weighted by atomic mass is 9.86. The lowest BCUT2D eigenvalue weighted by Crippen LogP contribution is -2.57. The maximum absolute atomic E-state index is 15.1. The molecule has 2 bridgehead atoms. The normalized spacial score (nSPS) is 31.9. The van der Waals surface area contributed by atoms with E-state index in [1.54, 1.807) is 17.9 Å². The summed E-state index contributed by atoms with van der Waals surface area (Å²) in [5, 5.41) is 21.4. The van der Waals surface area contributed by atoms with Crippen molar-refractivity contribution in [2.75, 3.05) is 69.0 Å². The highest BCUT2D eigenvalue weighted by Gasteiger charge is 2.50. The molecule has 7 heterocycles. The maximum Gasteiger partial charge on any atom is 0.318 e. The molecule has 1 aromatic heterocycles. The number of nitrogens with zero attached hydrogens (tertiary/aromatic N) is 7. The molecule has 1 N–H and O–H groups in total. The van der Waals surface area contributed by atoms with Crippen LogP contribution in [0.4, 0.5) is 20.3 Å². The number of amides is 1. The van der Waals surface area contributed by atoms with E-state index < -0.39 is 23.1 Å². The summed E-state index contributed by atoms with van der Waals surface area (Å²) in [5.41, 5.74) is 0.322. The fourth-order valence-electron chi connectivity index (χ4n) is 9.89. The smallest absolute Gasteiger partial charge is 0.318 e. The first-order valence-corrected chi connectivity index (χ1v) is 19.4. The van der Waals surface area contributed by atoms with E-state index in [1.807, 2.05) is 16.7 Å². The number of hydrogen-bond donors (Lipinski definition) is 1. The van der Waals surface area contributed by atoms with E-state index >= 15 is 8.78 Å². The van der Waals surface area contributed by atoms with Crippen LogP contribution in [0.1, 0.15) is 56.4 Å². The van der Waals surface area contributed by atoms with Crippen molar-refractivity contribution in [3.05, 3.63) is 47.4 Å². The minimum atomic E-state index is -1.11. The Bertz CT molecular complexity index is 1930. The average Bonchev–Trinajstić information content (AvgIpc) is 3.58. The molecule has 6 aliphatic rings. The summed E-state index contributed by atoms with van der Waals surface area (Å²) in [6, 6.07) is 4.55. The highest BCUT2D eigenvalue weighted by molar-refractivity contribution is 5.88. The van der Waals surface area contributed by atoms with Gasteiger partial charge >= 0.3 is 6.01 Å². The second kappa shape index (κ2) is 14.5. The standard InChI is InChI=1S/C41H49F2N7O5/c1-5-31-32(43)8-7-26-15-41(4,52)23-49(36(26)31)30-14-33-37(54-22-30)38(47-20-29-13-27(17-44)34(21-47)50(29)35(51)6-2)46-39(45-33)55-24-40(3)16-28(42)19-48(40)18-25-9-11-53-12-10-25/h1,6-8,25,27-30,34,52H,2,9-16,18-24H2,3-4H3/t27?,28-,29-,30+,34-,40+,41-/m1/s1. The van der Waals surface area contributed by atoms with Crippen molar-refractivity contribution in [2.24, 2.45) is 11.8 Å². The molecule has 0 aliphatic carbocycles. The van der Waals surface area contributed by atoms with Crippen LogP contribution in [0.2, 0.25) is 0 Å². The largest absolute Gasteiger partial charge is 0.486 e. The van der Waals surface area contributed by atoms with Crippen LogP contribution in [0.15, 0.2) is 24.8 Å². The number of carbonyl (C=O) groups excluding carboxylic acids is 1. The minimum absolute atomic E-state index is 0.114. The number of aromatic nitrogens is 2. The Kier molecular flexibility index (Phi) is 9.89. The molecule has 7 atom stereocenters. The first-order chi connectivity index (χ1) is 26.4. The monoisotopic (exact) mass is 757 g/mol. The SMILES string of the molecule is C#Cc1c(F)ccc2c1N([C@@H]1COc3c(nc(OC[C@]4(C)C[C@@H](F)CN4CC4CCOCC4)nc3N3C[C@H]4CC(C#N)[C@@H](C3)N4C(=O)C=C)C1)C[C@](C)(O)C2. The number of terminal acetylenes is 1. The van der Waals surface area contributed by atoms with Gasteiger partial charge in [0.2, 0.25) is 5.91 Å². The van der Waals surface area contributed by atoms with E-state index in [1.165, 1.54) is 12.1 Å². The second-order valence-corrected chi connectivity index (χ2v) is 16.7. The van der Waals surface area contributed by atoms with Crippen molar-refractivity contribution in [2.45, 2.75) is 87.8 Å². The summed E-state index contributed by atoms with van der Waals surface area (Å²) < 4.78 is 48.8. The minimum Gasteiger partial charge on any atom is -0.486 e. The van der Waals surface area contributed by atoms with Crippen LogP contribution in [0.25, 0.3) is 0 Å². The molecule has 2 aromatic rings. The van der Waals surface area contributed by atoms with Crippen molar-refractivity contribution in [3.8, 4) is 30.2 Å². The Morgan fingerprint density at radius 2 is 2.02 bits per heavy atom. The van der Waals surface area contributed by atoms with Gasteiger partial charge in [0.15, 0.2) is 11.6 Å². The van der Waals surface area contributed by atoms with Crippen LogP contribution in [0.3, 0.4) is 0 Å². The lowest BCUT2D eigenvalue weighted by molar-refractivity contribution is -0.129. The van der Waals surface area contributed by atoms with E-state index in [4.69, 9.17) is 30.6 Å². The number of β-amino-alcohol motifs (C(OH)–C–C–N with tert-alkyl or cyclic N) is 1. The summed E-state index contributed by atoms with van der Waals surface area (Å²) in [6.07, 6.45) is 9.56. The number of fused-ring (bicyclic) bond motifs is 4. The number of aliphatic hydroxyl groups is 1. The molecule has 0 radical (unpaired) electrons. The van der Waals surface area contributed by atoms with Crippen LogP contribution in [-0.4, -0.2) is 125 Å². The zero-order valence-electron chi connectivity index (χ0n) is 31.6. The van der Waals surface area contributed by atoms with E-state index in [2.05, 4.69) is 23.5 Å². The van der Waals surface area contributed by atoms with Gasteiger partial charge in [0.05, 0.1) is 58.2 Å². The molecule has 6 aliphatic heterocycles. The molecule has 8 rings (SSSR count). The number of hydrogen-bond acceptors (Lipinski definition) is 11. The molecule has 55 heavy (non-hydrogen) atoms. The Morgan fingerprint density at radius 1 is 1.22 bits per heavy atom. The fraction of sp³-hybridized carbons (Fsp3) is 0.610. The number of rotatable bonds is 8. The molecule has 12 nitrogen and oxygen atoms in total. The van der Waals surface area contributed by atoms with Gasteiger partial charge in [-0.2, -0.15) is 15.2 Å². The predicted octanol–water partition coefficient (Wildman–Crippen LogP) is 3.44. The van der Waals surface area contributed by atoms with Crippen LogP contribution >= 0.6 is 0 Å². The number of carbonyl (C=O) groups is 1. The molecule has 1 amide bonds. The number of halogens is 2. The van der Waals surface area contributed by atoms with Crippen molar-refractivity contribution in [3.63, 3.8) is 0 Å². The molecule has 4 fully saturated rings. The van der Waals surface area contributed by atoms with Gasteiger partial charge in [-0.3, -0.25) is 9.69 Å². The van der Waals surface area contributed by atoms with Crippen LogP contribution in [-0.2, 0) is 22.4 Å². The van der Waals surface area contributed by atoms with Crippen molar-refractivity contribution >= 4 is 17.4 Å². The number of ether oxygens (including phenoxy) is 3. The molecule has 0 saturated carbocycles. The summed E-state index contributed by atoms with van der Waals surface area (Å²) in [6.45, 7) is 11.3. The number of piperazine rings is 1. The van der Waals surface area contributed by atoms with E-state index in [9.17, 15) is 15.2 Å². The van der Waals surface area contributed by atoms with Crippen LogP contribution in [0.5, 0.6) is 11.8 Å². The van der Waals surface area contributed by atoms with Gasteiger partial charge in [0, 0.05) is 65.2 Å². The Morgan fingerprint density at radius 3 is 2.76 bits per heavy atom. The van der Waals surface area contributed by atoms with E-state index in [-0.39, 0.29) is 61.3 Å². The lowest BCUT2D eigenvalue weighted by Gasteiger charge is -2.46. The third-order valence-electron chi connectivity index (χ3n) is 12.6. The average molecular weight is 758 g/mol. The summed E-state index contributed by atoms with van der Waals surface area (Å²) >= 11 is 0. The number of alkyl halides is 1. The van der Waals surface area contributed by atoms with Crippen molar-refractivity contribution < 1.29 is 32.9 Å². The van der Waals surface area contributed by atoms with Crippen LogP contribution < -0.4 is 19.3 Å². The van der Waals surface area contributed by atoms with Crippen molar-refractivity contribution in [1.82, 2.24) is 19.8 Å². The second-order valence-electron chi connectivity index (χ2n) is 16.7. The molecule has 1 unspecified atom stereocenters. The number of nitriles is 1. The molecular formula is C41H49F2N7O5. The fourth-order valence-corrected chi connectivity index (χ4v) is 9.89. The van der Waals surface area contributed by atoms with E-state index in [0.717, 1.165) is 24.9 Å². The number of likely N-dealkylation sites (tertiary alicyclic amines) is 1. The Labute approximate surface area is 321 Å². The zero-order chi connectivity index (χ0) is 38.6.